The molecule has 1 aliphatic rings. The predicted molar refractivity (Wildman–Crippen MR) is 67.0 cm³/mol. The van der Waals surface area contributed by atoms with Crippen LogP contribution in [0.5, 0.6) is 0 Å². The Morgan fingerprint density at radius 2 is 2.07 bits per heavy atom. The quantitative estimate of drug-likeness (QED) is 0.706. The maximum atomic E-state index is 3.54. The molecule has 0 saturated carbocycles. The van der Waals surface area contributed by atoms with Gasteiger partial charge in [0, 0.05) is 5.54 Å². The standard InChI is InChI=1S/C12H25NS/c1-12(2,3)13-8-5-4-6-11-7-9-14-10-11/h11,13H,4-10H2,1-3H3. The lowest BCUT2D eigenvalue weighted by molar-refractivity contribution is 0.408. The fraction of sp³-hybridized carbons (Fsp3) is 1.00. The summed E-state index contributed by atoms with van der Waals surface area (Å²) in [5.74, 6) is 3.87. The number of nitrogens with one attached hydrogen (secondary N) is 1. The van der Waals surface area contributed by atoms with E-state index in [1.807, 2.05) is 0 Å². The molecule has 0 radical (unpaired) electrons. The van der Waals surface area contributed by atoms with Crippen molar-refractivity contribution < 1.29 is 0 Å². The molecule has 1 aliphatic heterocycles. The van der Waals surface area contributed by atoms with Gasteiger partial charge in [-0.05, 0) is 64.0 Å². The first kappa shape index (κ1) is 12.4. The second-order valence-corrected chi connectivity index (χ2v) is 6.55. The smallest absolute Gasteiger partial charge is 0.00965 e. The minimum Gasteiger partial charge on any atom is -0.312 e. The summed E-state index contributed by atoms with van der Waals surface area (Å²) >= 11 is 2.13. The summed E-state index contributed by atoms with van der Waals surface area (Å²) in [5.41, 5.74) is 0.295. The van der Waals surface area contributed by atoms with Gasteiger partial charge in [-0.15, -0.1) is 0 Å². The molecule has 0 aromatic carbocycles. The largest absolute Gasteiger partial charge is 0.312 e. The number of hydrogen-bond donors (Lipinski definition) is 1. The Balaban J connectivity index is 1.89. The summed E-state index contributed by atoms with van der Waals surface area (Å²) in [6.45, 7) is 7.89. The molecule has 0 aromatic rings. The third kappa shape index (κ3) is 5.92. The fourth-order valence-electron chi connectivity index (χ4n) is 1.83. The highest BCUT2D eigenvalue weighted by atomic mass is 32.2. The summed E-state index contributed by atoms with van der Waals surface area (Å²) in [5, 5.41) is 3.54. The fourth-order valence-corrected chi connectivity index (χ4v) is 3.17. The third-order valence-corrected chi connectivity index (χ3v) is 3.95. The first-order valence-corrected chi connectivity index (χ1v) is 7.06. The molecule has 1 atom stereocenters. The maximum Gasteiger partial charge on any atom is 0.00965 e. The van der Waals surface area contributed by atoms with Crippen LogP contribution >= 0.6 is 11.8 Å². The molecule has 14 heavy (non-hydrogen) atoms. The van der Waals surface area contributed by atoms with Crippen LogP contribution in [0, 0.1) is 5.92 Å². The Hall–Kier alpha value is 0.310. The van der Waals surface area contributed by atoms with E-state index in [1.54, 1.807) is 0 Å². The molecule has 1 N–H and O–H groups in total. The summed E-state index contributed by atoms with van der Waals surface area (Å²) in [4.78, 5) is 0. The molecule has 84 valence electrons. The van der Waals surface area contributed by atoms with Crippen molar-refractivity contribution in [1.29, 1.82) is 0 Å². The number of thioether (sulfide) groups is 1. The first-order valence-electron chi connectivity index (χ1n) is 5.91. The van der Waals surface area contributed by atoms with Gasteiger partial charge in [-0.25, -0.2) is 0 Å². The maximum absolute atomic E-state index is 3.54. The van der Waals surface area contributed by atoms with Crippen LogP contribution in [0.1, 0.15) is 46.5 Å². The molecular weight excluding hydrogens is 190 g/mol. The monoisotopic (exact) mass is 215 g/mol. The van der Waals surface area contributed by atoms with E-state index in [-0.39, 0.29) is 0 Å². The van der Waals surface area contributed by atoms with Gasteiger partial charge in [-0.2, -0.15) is 11.8 Å². The Morgan fingerprint density at radius 1 is 1.29 bits per heavy atom. The molecule has 1 fully saturated rings. The average molecular weight is 215 g/mol. The van der Waals surface area contributed by atoms with Crippen LogP contribution in [-0.2, 0) is 0 Å². The molecule has 0 aromatic heterocycles. The number of rotatable bonds is 5. The lowest BCUT2D eigenvalue weighted by Crippen LogP contribution is -2.36. The average Bonchev–Trinajstić information content (AvgIpc) is 2.54. The normalized spacial score (nSPS) is 22.9. The highest BCUT2D eigenvalue weighted by Crippen LogP contribution is 2.27. The third-order valence-electron chi connectivity index (χ3n) is 2.72. The van der Waals surface area contributed by atoms with Crippen molar-refractivity contribution in [3.05, 3.63) is 0 Å². The van der Waals surface area contributed by atoms with Gasteiger partial charge in [0.05, 0.1) is 0 Å². The Morgan fingerprint density at radius 3 is 2.64 bits per heavy atom. The summed E-state index contributed by atoms with van der Waals surface area (Å²) in [7, 11) is 0. The highest BCUT2D eigenvalue weighted by Gasteiger charge is 2.14. The van der Waals surface area contributed by atoms with Gasteiger partial charge < -0.3 is 5.32 Å². The van der Waals surface area contributed by atoms with Crippen LogP contribution in [0.25, 0.3) is 0 Å². The molecule has 1 unspecified atom stereocenters. The van der Waals surface area contributed by atoms with E-state index in [4.69, 9.17) is 0 Å². The van der Waals surface area contributed by atoms with E-state index in [1.165, 1.54) is 43.7 Å². The second-order valence-electron chi connectivity index (χ2n) is 5.40. The van der Waals surface area contributed by atoms with Crippen molar-refractivity contribution in [2.45, 2.75) is 52.0 Å². The Bertz CT molecular complexity index is 145. The van der Waals surface area contributed by atoms with Gasteiger partial charge in [0.25, 0.3) is 0 Å². The minimum atomic E-state index is 0.295. The number of hydrogen-bond acceptors (Lipinski definition) is 2. The number of unbranched alkanes of at least 4 members (excludes halogenated alkanes) is 1. The van der Waals surface area contributed by atoms with Crippen molar-refractivity contribution in [2.24, 2.45) is 5.92 Å². The van der Waals surface area contributed by atoms with Gasteiger partial charge in [-0.3, -0.25) is 0 Å². The van der Waals surface area contributed by atoms with Crippen LogP contribution in [0.4, 0.5) is 0 Å². The molecule has 0 aliphatic carbocycles. The second kappa shape index (κ2) is 6.02. The summed E-state index contributed by atoms with van der Waals surface area (Å²) in [6, 6.07) is 0. The van der Waals surface area contributed by atoms with E-state index >= 15 is 0 Å². The molecular formula is C12H25NS. The molecule has 0 spiro atoms. The highest BCUT2D eigenvalue weighted by molar-refractivity contribution is 7.99. The molecule has 1 nitrogen and oxygen atoms in total. The van der Waals surface area contributed by atoms with Crippen molar-refractivity contribution in [3.8, 4) is 0 Å². The van der Waals surface area contributed by atoms with E-state index < -0.39 is 0 Å². The lowest BCUT2D eigenvalue weighted by Gasteiger charge is -2.20. The van der Waals surface area contributed by atoms with E-state index in [9.17, 15) is 0 Å². The molecule has 1 saturated heterocycles. The van der Waals surface area contributed by atoms with Crippen LogP contribution in [0.15, 0.2) is 0 Å². The van der Waals surface area contributed by atoms with Crippen molar-refractivity contribution >= 4 is 11.8 Å². The molecule has 0 bridgehead atoms. The van der Waals surface area contributed by atoms with Gasteiger partial charge in [0.1, 0.15) is 0 Å². The minimum absolute atomic E-state index is 0.295. The zero-order valence-electron chi connectivity index (χ0n) is 9.94. The molecule has 1 heterocycles. The van der Waals surface area contributed by atoms with E-state index in [0.29, 0.717) is 5.54 Å². The van der Waals surface area contributed by atoms with Gasteiger partial charge in [-0.1, -0.05) is 6.42 Å². The van der Waals surface area contributed by atoms with Crippen molar-refractivity contribution in [1.82, 2.24) is 5.32 Å². The first-order chi connectivity index (χ1) is 6.58. The van der Waals surface area contributed by atoms with Gasteiger partial charge in [0.2, 0.25) is 0 Å². The Kier molecular flexibility index (Phi) is 5.32. The van der Waals surface area contributed by atoms with Crippen molar-refractivity contribution in [2.75, 3.05) is 18.1 Å². The SMILES string of the molecule is CC(C)(C)NCCCCC1CCSC1. The van der Waals surface area contributed by atoms with E-state index in [2.05, 4.69) is 37.8 Å². The molecule has 1 rings (SSSR count). The lowest BCUT2D eigenvalue weighted by atomic mass is 10.0. The zero-order valence-corrected chi connectivity index (χ0v) is 10.8. The van der Waals surface area contributed by atoms with Gasteiger partial charge >= 0.3 is 0 Å². The predicted octanol–water partition coefficient (Wildman–Crippen LogP) is 3.30. The zero-order chi connectivity index (χ0) is 10.4. The van der Waals surface area contributed by atoms with E-state index in [0.717, 1.165) is 5.92 Å². The summed E-state index contributed by atoms with van der Waals surface area (Å²) in [6.07, 6.45) is 5.68. The van der Waals surface area contributed by atoms with Crippen molar-refractivity contribution in [3.63, 3.8) is 0 Å². The van der Waals surface area contributed by atoms with Crippen LogP contribution < -0.4 is 5.32 Å². The van der Waals surface area contributed by atoms with Gasteiger partial charge in [0.15, 0.2) is 0 Å². The summed E-state index contributed by atoms with van der Waals surface area (Å²) < 4.78 is 0. The van der Waals surface area contributed by atoms with Crippen LogP contribution in [0.2, 0.25) is 0 Å². The van der Waals surface area contributed by atoms with Crippen LogP contribution in [0.3, 0.4) is 0 Å². The topological polar surface area (TPSA) is 12.0 Å². The Labute approximate surface area is 93.4 Å². The van der Waals surface area contributed by atoms with Crippen LogP contribution in [-0.4, -0.2) is 23.6 Å². The molecule has 0 amide bonds. The molecule has 2 heteroatoms.